The fourth-order valence-electron chi connectivity index (χ4n) is 4.29. The third kappa shape index (κ3) is 3.24. The molecule has 8 nitrogen and oxygen atoms in total. The van der Waals surface area contributed by atoms with Crippen molar-refractivity contribution in [1.82, 2.24) is 9.55 Å². The van der Waals surface area contributed by atoms with E-state index < -0.39 is 4.92 Å². The molecule has 2 aromatic carbocycles. The van der Waals surface area contributed by atoms with Gasteiger partial charge in [0.05, 0.1) is 22.4 Å². The van der Waals surface area contributed by atoms with Crippen LogP contribution in [-0.4, -0.2) is 27.2 Å². The van der Waals surface area contributed by atoms with Gasteiger partial charge in [0.25, 0.3) is 11.2 Å². The van der Waals surface area contributed by atoms with Gasteiger partial charge < -0.3 is 9.47 Å². The molecule has 0 aliphatic carbocycles. The molecule has 0 spiro atoms. The molecule has 0 amide bonds. The molecule has 0 saturated carbocycles. The standard InChI is InChI=1S/C23H21N3O5/c1-3-30-20-10-15-8-13(2)31-21(15)11-16(20)9-14-6-7-25-22(14)24-19-5-4-17(26(28)29)12-18(19)23(25)27/h4-5,9-13H,3,6-8H2,1-2H3/b14-9+/t13-/m1/s1. The number of fused-ring (bicyclic) bond motifs is 3. The summed E-state index contributed by atoms with van der Waals surface area (Å²) in [6, 6.07) is 8.22. The summed E-state index contributed by atoms with van der Waals surface area (Å²) in [7, 11) is 0. The lowest BCUT2D eigenvalue weighted by Gasteiger charge is -2.11. The van der Waals surface area contributed by atoms with Crippen molar-refractivity contribution < 1.29 is 14.4 Å². The molecule has 1 aromatic heterocycles. The third-order valence-electron chi connectivity index (χ3n) is 5.70. The first-order chi connectivity index (χ1) is 14.9. The number of hydrogen-bond acceptors (Lipinski definition) is 6. The van der Waals surface area contributed by atoms with Crippen molar-refractivity contribution in [2.45, 2.75) is 39.3 Å². The predicted octanol–water partition coefficient (Wildman–Crippen LogP) is 3.97. The van der Waals surface area contributed by atoms with Crippen LogP contribution in [0.5, 0.6) is 11.5 Å². The maximum absolute atomic E-state index is 13.0. The van der Waals surface area contributed by atoms with Gasteiger partial charge in [0.2, 0.25) is 0 Å². The fraction of sp³-hybridized carbons (Fsp3) is 0.304. The predicted molar refractivity (Wildman–Crippen MR) is 117 cm³/mol. The summed E-state index contributed by atoms with van der Waals surface area (Å²) in [4.78, 5) is 28.2. The van der Waals surface area contributed by atoms with Crippen LogP contribution in [0.4, 0.5) is 5.69 Å². The van der Waals surface area contributed by atoms with E-state index in [0.29, 0.717) is 30.9 Å². The van der Waals surface area contributed by atoms with Crippen molar-refractivity contribution in [3.05, 3.63) is 67.8 Å². The Balaban J connectivity index is 1.63. The molecule has 2 aliphatic rings. The molecule has 1 atom stereocenters. The highest BCUT2D eigenvalue weighted by Gasteiger charge is 2.25. The van der Waals surface area contributed by atoms with Crippen LogP contribution in [0.3, 0.4) is 0 Å². The molecule has 158 valence electrons. The lowest BCUT2D eigenvalue weighted by atomic mass is 10.0. The number of nitro groups is 1. The smallest absolute Gasteiger partial charge is 0.270 e. The lowest BCUT2D eigenvalue weighted by Crippen LogP contribution is -2.20. The van der Waals surface area contributed by atoms with Crippen LogP contribution >= 0.6 is 0 Å². The first kappa shape index (κ1) is 19.3. The molecule has 0 radical (unpaired) electrons. The number of ether oxygens (including phenoxy) is 2. The Morgan fingerprint density at radius 1 is 1.35 bits per heavy atom. The third-order valence-corrected chi connectivity index (χ3v) is 5.70. The van der Waals surface area contributed by atoms with Gasteiger partial charge in [-0.05, 0) is 50.1 Å². The number of aromatic nitrogens is 2. The van der Waals surface area contributed by atoms with Crippen LogP contribution in [0.15, 0.2) is 35.1 Å². The molecular formula is C23H21N3O5. The summed E-state index contributed by atoms with van der Waals surface area (Å²) in [6.07, 6.45) is 3.63. The average Bonchev–Trinajstić information content (AvgIpc) is 3.30. The molecule has 3 heterocycles. The topological polar surface area (TPSA) is 96.5 Å². The SMILES string of the molecule is CCOc1cc2c(cc1/C=C1\CCn3c1nc1ccc([N+](=O)[O-])cc1c3=O)O[C@H](C)C2. The molecule has 8 heteroatoms. The average molecular weight is 419 g/mol. The van der Waals surface area contributed by atoms with Crippen LogP contribution in [0.1, 0.15) is 37.2 Å². The summed E-state index contributed by atoms with van der Waals surface area (Å²) in [5, 5.41) is 11.3. The number of non-ortho nitro benzene ring substituents is 1. The van der Waals surface area contributed by atoms with Crippen LogP contribution in [0.25, 0.3) is 22.6 Å². The number of benzene rings is 2. The Labute approximate surface area is 177 Å². The highest BCUT2D eigenvalue weighted by molar-refractivity contribution is 5.86. The van der Waals surface area contributed by atoms with E-state index in [2.05, 4.69) is 4.98 Å². The van der Waals surface area contributed by atoms with Gasteiger partial charge in [-0.3, -0.25) is 19.5 Å². The van der Waals surface area contributed by atoms with E-state index in [9.17, 15) is 14.9 Å². The normalized spacial score (nSPS) is 18.1. The second kappa shape index (κ2) is 7.23. The Morgan fingerprint density at radius 2 is 2.19 bits per heavy atom. The second-order valence-electron chi connectivity index (χ2n) is 7.83. The van der Waals surface area contributed by atoms with Gasteiger partial charge in [0, 0.05) is 36.2 Å². The highest BCUT2D eigenvalue weighted by atomic mass is 16.6. The molecule has 5 rings (SSSR count). The van der Waals surface area contributed by atoms with Crippen molar-refractivity contribution in [1.29, 1.82) is 0 Å². The Hall–Kier alpha value is -3.68. The van der Waals surface area contributed by atoms with E-state index in [4.69, 9.17) is 9.47 Å². The molecule has 2 aliphatic heterocycles. The molecule has 3 aromatic rings. The van der Waals surface area contributed by atoms with Crippen LogP contribution in [0.2, 0.25) is 0 Å². The molecule has 0 unspecified atom stereocenters. The van der Waals surface area contributed by atoms with Crippen molar-refractivity contribution in [3.63, 3.8) is 0 Å². The highest BCUT2D eigenvalue weighted by Crippen LogP contribution is 2.38. The maximum atomic E-state index is 13.0. The van der Waals surface area contributed by atoms with E-state index in [1.54, 1.807) is 4.57 Å². The zero-order valence-electron chi connectivity index (χ0n) is 17.3. The largest absolute Gasteiger partial charge is 0.493 e. The minimum absolute atomic E-state index is 0.116. The summed E-state index contributed by atoms with van der Waals surface area (Å²) in [5.74, 6) is 2.23. The van der Waals surface area contributed by atoms with E-state index in [1.807, 2.05) is 32.1 Å². The summed E-state index contributed by atoms with van der Waals surface area (Å²) >= 11 is 0. The molecule has 0 bridgehead atoms. The lowest BCUT2D eigenvalue weighted by molar-refractivity contribution is -0.384. The van der Waals surface area contributed by atoms with E-state index in [1.165, 1.54) is 18.2 Å². The molecule has 31 heavy (non-hydrogen) atoms. The second-order valence-corrected chi connectivity index (χ2v) is 7.83. The van der Waals surface area contributed by atoms with Gasteiger partial charge in [-0.2, -0.15) is 0 Å². The zero-order chi connectivity index (χ0) is 21.7. The van der Waals surface area contributed by atoms with Crippen molar-refractivity contribution in [3.8, 4) is 11.5 Å². The van der Waals surface area contributed by atoms with Gasteiger partial charge in [0.1, 0.15) is 23.4 Å². The Morgan fingerprint density at radius 3 is 2.97 bits per heavy atom. The quantitative estimate of drug-likeness (QED) is 0.469. The molecule has 0 fully saturated rings. The summed E-state index contributed by atoms with van der Waals surface area (Å²) < 4.78 is 13.4. The molecule has 0 saturated heterocycles. The van der Waals surface area contributed by atoms with E-state index in [0.717, 1.165) is 34.6 Å². The summed E-state index contributed by atoms with van der Waals surface area (Å²) in [5.41, 5.74) is 3.01. The van der Waals surface area contributed by atoms with E-state index >= 15 is 0 Å². The van der Waals surface area contributed by atoms with Crippen molar-refractivity contribution >= 4 is 28.2 Å². The van der Waals surface area contributed by atoms with Gasteiger partial charge in [-0.25, -0.2) is 4.98 Å². The van der Waals surface area contributed by atoms with Crippen LogP contribution in [-0.2, 0) is 13.0 Å². The Bertz CT molecular complexity index is 1330. The van der Waals surface area contributed by atoms with Gasteiger partial charge in [-0.1, -0.05) is 0 Å². The van der Waals surface area contributed by atoms with Crippen molar-refractivity contribution in [2.24, 2.45) is 0 Å². The molecule has 0 N–H and O–H groups in total. The van der Waals surface area contributed by atoms with Crippen LogP contribution < -0.4 is 15.0 Å². The van der Waals surface area contributed by atoms with Gasteiger partial charge in [-0.15, -0.1) is 0 Å². The fourth-order valence-corrected chi connectivity index (χ4v) is 4.29. The van der Waals surface area contributed by atoms with Crippen LogP contribution in [0, 0.1) is 10.1 Å². The van der Waals surface area contributed by atoms with Gasteiger partial charge in [0.15, 0.2) is 0 Å². The first-order valence-corrected chi connectivity index (χ1v) is 10.3. The minimum Gasteiger partial charge on any atom is -0.493 e. The number of nitro benzene ring substituents is 1. The zero-order valence-corrected chi connectivity index (χ0v) is 17.3. The minimum atomic E-state index is -0.506. The Kier molecular flexibility index (Phi) is 4.50. The maximum Gasteiger partial charge on any atom is 0.270 e. The first-order valence-electron chi connectivity index (χ1n) is 10.3. The van der Waals surface area contributed by atoms with Crippen molar-refractivity contribution in [2.75, 3.05) is 6.61 Å². The molecular weight excluding hydrogens is 398 g/mol. The summed E-state index contributed by atoms with van der Waals surface area (Å²) in [6.45, 7) is 5.01. The monoisotopic (exact) mass is 419 g/mol. The number of nitrogens with zero attached hydrogens (tertiary/aromatic N) is 3. The number of rotatable bonds is 4. The van der Waals surface area contributed by atoms with E-state index in [-0.39, 0.29) is 22.7 Å². The van der Waals surface area contributed by atoms with Gasteiger partial charge >= 0.3 is 0 Å². The number of allylic oxidation sites excluding steroid dienone is 1. The number of hydrogen-bond donors (Lipinski definition) is 0.